The monoisotopic (exact) mass is 332 g/mol. The van der Waals surface area contributed by atoms with Crippen molar-refractivity contribution in [3.05, 3.63) is 0 Å². The smallest absolute Gasteiger partial charge is 0.291 e. The number of hydrogen-bond donors (Lipinski definition) is 1. The molecule has 1 unspecified atom stereocenters. The van der Waals surface area contributed by atoms with Gasteiger partial charge >= 0.3 is 0 Å². The number of nitrogens with one attached hydrogen (secondary N) is 1. The second kappa shape index (κ2) is 9.95. The normalized spacial score (nSPS) is 17.7. The van der Waals surface area contributed by atoms with Crippen LogP contribution in [0.2, 0.25) is 0 Å². The third kappa shape index (κ3) is 6.05. The van der Waals surface area contributed by atoms with Crippen molar-refractivity contribution in [2.24, 2.45) is 5.41 Å². The van der Waals surface area contributed by atoms with E-state index in [2.05, 4.69) is 19.2 Å². The summed E-state index contributed by atoms with van der Waals surface area (Å²) in [5, 5.41) is 2.55. The molecule has 1 aliphatic rings. The maximum absolute atomic E-state index is 12.0. The molecule has 128 valence electrons. The Bertz CT molecular complexity index is 395. The van der Waals surface area contributed by atoms with E-state index in [0.717, 1.165) is 13.1 Å². The van der Waals surface area contributed by atoms with Crippen LogP contribution >= 0.6 is 11.6 Å². The summed E-state index contributed by atoms with van der Waals surface area (Å²) in [5.74, 6) is -1.02. The molecule has 6 heteroatoms. The summed E-state index contributed by atoms with van der Waals surface area (Å²) >= 11 is 5.43. The Morgan fingerprint density at radius 1 is 1.18 bits per heavy atom. The van der Waals surface area contributed by atoms with Crippen molar-refractivity contribution in [1.82, 2.24) is 10.2 Å². The second-order valence-corrected chi connectivity index (χ2v) is 6.36. The predicted molar refractivity (Wildman–Crippen MR) is 88.9 cm³/mol. The predicted octanol–water partition coefficient (Wildman–Crippen LogP) is 2.36. The fourth-order valence-corrected chi connectivity index (χ4v) is 2.30. The molecule has 0 bridgehead atoms. The number of rotatable bonds is 6. The molecule has 5 nitrogen and oxygen atoms in total. The summed E-state index contributed by atoms with van der Waals surface area (Å²) in [6.45, 7) is 12.2. The van der Waals surface area contributed by atoms with Gasteiger partial charge in [-0.25, -0.2) is 0 Å². The minimum atomic E-state index is -0.681. The molecule has 0 saturated carbocycles. The van der Waals surface area contributed by atoms with Crippen molar-refractivity contribution in [2.45, 2.75) is 59.9 Å². The van der Waals surface area contributed by atoms with Crippen LogP contribution in [0.25, 0.3) is 0 Å². The molecule has 0 radical (unpaired) electrons. The van der Waals surface area contributed by atoms with Gasteiger partial charge in [0, 0.05) is 12.0 Å². The lowest BCUT2D eigenvalue weighted by Gasteiger charge is -2.26. The van der Waals surface area contributed by atoms with Crippen LogP contribution in [-0.4, -0.2) is 47.5 Å². The van der Waals surface area contributed by atoms with Crippen LogP contribution in [0.1, 0.15) is 53.9 Å². The molecule has 1 saturated heterocycles. The molecule has 0 aliphatic carbocycles. The highest BCUT2D eigenvalue weighted by atomic mass is 35.5. The first-order valence-corrected chi connectivity index (χ1v) is 8.36. The SMILES string of the molecule is CCC(C)(C)C(=O)C(=O)N1CCCC1C(=O)Cl.CCNCC. The van der Waals surface area contributed by atoms with Crippen LogP contribution in [-0.2, 0) is 14.4 Å². The van der Waals surface area contributed by atoms with E-state index in [4.69, 9.17) is 11.6 Å². The van der Waals surface area contributed by atoms with Gasteiger partial charge in [0.05, 0.1) is 0 Å². The van der Waals surface area contributed by atoms with Gasteiger partial charge in [0.2, 0.25) is 11.0 Å². The highest BCUT2D eigenvalue weighted by molar-refractivity contribution is 6.65. The van der Waals surface area contributed by atoms with Crippen molar-refractivity contribution < 1.29 is 14.4 Å². The highest BCUT2D eigenvalue weighted by Crippen LogP contribution is 2.26. The highest BCUT2D eigenvalue weighted by Gasteiger charge is 2.40. The summed E-state index contributed by atoms with van der Waals surface area (Å²) in [4.78, 5) is 36.5. The zero-order valence-electron chi connectivity index (χ0n) is 14.4. The molecule has 0 aromatic rings. The maximum Gasteiger partial charge on any atom is 0.291 e. The van der Waals surface area contributed by atoms with Crippen LogP contribution < -0.4 is 5.32 Å². The standard InChI is InChI=1S/C12H18ClNO3.C4H11N/c1-4-12(2,3)9(15)11(17)14-7-5-6-8(14)10(13)16;1-3-5-4-2/h8H,4-7H2,1-3H3;5H,3-4H2,1-2H3. The van der Waals surface area contributed by atoms with Gasteiger partial charge < -0.3 is 10.2 Å². The lowest BCUT2D eigenvalue weighted by atomic mass is 9.84. The van der Waals surface area contributed by atoms with Crippen LogP contribution in [0.15, 0.2) is 0 Å². The van der Waals surface area contributed by atoms with Crippen molar-refractivity contribution in [1.29, 1.82) is 0 Å². The third-order valence-corrected chi connectivity index (χ3v) is 4.22. The number of carbonyl (C=O) groups excluding carboxylic acids is 3. The van der Waals surface area contributed by atoms with Gasteiger partial charge in [0.15, 0.2) is 0 Å². The topological polar surface area (TPSA) is 66.5 Å². The van der Waals surface area contributed by atoms with E-state index >= 15 is 0 Å². The average molecular weight is 333 g/mol. The molecule has 1 atom stereocenters. The quantitative estimate of drug-likeness (QED) is 0.599. The van der Waals surface area contributed by atoms with E-state index in [1.54, 1.807) is 13.8 Å². The molecular weight excluding hydrogens is 304 g/mol. The number of amides is 1. The third-order valence-electron chi connectivity index (χ3n) is 3.97. The summed E-state index contributed by atoms with van der Waals surface area (Å²) in [5.41, 5.74) is -0.681. The van der Waals surface area contributed by atoms with Crippen molar-refractivity contribution >= 4 is 28.5 Å². The van der Waals surface area contributed by atoms with E-state index < -0.39 is 28.4 Å². The number of Topliss-reactive ketones (excluding diaryl/α,β-unsaturated/α-hetero) is 1. The summed E-state index contributed by atoms with van der Waals surface area (Å²) in [7, 11) is 0. The molecule has 1 fully saturated rings. The minimum Gasteiger partial charge on any atom is -0.325 e. The molecule has 1 aliphatic heterocycles. The number of carbonyl (C=O) groups is 3. The lowest BCUT2D eigenvalue weighted by molar-refractivity contribution is -0.150. The van der Waals surface area contributed by atoms with Crippen molar-refractivity contribution in [2.75, 3.05) is 19.6 Å². The van der Waals surface area contributed by atoms with Crippen LogP contribution in [0.4, 0.5) is 0 Å². The molecule has 0 aromatic carbocycles. The Hall–Kier alpha value is -0.940. The van der Waals surface area contributed by atoms with Gasteiger partial charge in [0.25, 0.3) is 5.91 Å². The largest absolute Gasteiger partial charge is 0.325 e. The molecule has 1 heterocycles. The van der Waals surface area contributed by atoms with E-state index in [1.807, 2.05) is 6.92 Å². The van der Waals surface area contributed by atoms with E-state index in [-0.39, 0.29) is 0 Å². The van der Waals surface area contributed by atoms with Crippen molar-refractivity contribution in [3.8, 4) is 0 Å². The summed E-state index contributed by atoms with van der Waals surface area (Å²) < 4.78 is 0. The Labute approximate surface area is 138 Å². The first-order valence-electron chi connectivity index (χ1n) is 7.98. The summed E-state index contributed by atoms with van der Waals surface area (Å²) in [6, 6.07) is -0.624. The fraction of sp³-hybridized carbons (Fsp3) is 0.812. The fourth-order valence-electron chi connectivity index (χ4n) is 2.08. The van der Waals surface area contributed by atoms with Gasteiger partial charge in [0.1, 0.15) is 6.04 Å². The first kappa shape index (κ1) is 21.1. The van der Waals surface area contributed by atoms with Crippen LogP contribution in [0.5, 0.6) is 0 Å². The van der Waals surface area contributed by atoms with Gasteiger partial charge in [-0.2, -0.15) is 0 Å². The Morgan fingerprint density at radius 3 is 2.09 bits per heavy atom. The summed E-state index contributed by atoms with van der Waals surface area (Å²) in [6.07, 6.45) is 1.85. The molecule has 0 spiro atoms. The molecule has 1 amide bonds. The maximum atomic E-state index is 12.0. The second-order valence-electron chi connectivity index (χ2n) is 5.98. The van der Waals surface area contributed by atoms with E-state index in [1.165, 1.54) is 4.90 Å². The average Bonchev–Trinajstić information content (AvgIpc) is 2.96. The molecular formula is C16H29ClN2O3. The number of nitrogens with zero attached hydrogens (tertiary/aromatic N) is 1. The van der Waals surface area contributed by atoms with Crippen LogP contribution in [0.3, 0.4) is 0 Å². The number of halogens is 1. The van der Waals surface area contributed by atoms with Gasteiger partial charge in [-0.05, 0) is 44.0 Å². The Balaban J connectivity index is 0.000000763. The van der Waals surface area contributed by atoms with E-state index in [9.17, 15) is 14.4 Å². The number of likely N-dealkylation sites (tertiary alicyclic amines) is 1. The van der Waals surface area contributed by atoms with E-state index in [0.29, 0.717) is 25.8 Å². The first-order chi connectivity index (χ1) is 10.2. The number of hydrogen-bond acceptors (Lipinski definition) is 4. The van der Waals surface area contributed by atoms with Gasteiger partial charge in [-0.15, -0.1) is 0 Å². The zero-order valence-corrected chi connectivity index (χ0v) is 15.1. The molecule has 22 heavy (non-hydrogen) atoms. The Kier molecular flexibility index (Phi) is 9.53. The van der Waals surface area contributed by atoms with Gasteiger partial charge in [-0.3, -0.25) is 14.4 Å². The van der Waals surface area contributed by atoms with Gasteiger partial charge in [-0.1, -0.05) is 34.6 Å². The van der Waals surface area contributed by atoms with Crippen LogP contribution in [0, 0.1) is 5.41 Å². The molecule has 0 aromatic heterocycles. The molecule has 1 N–H and O–H groups in total. The van der Waals surface area contributed by atoms with Crippen molar-refractivity contribution in [3.63, 3.8) is 0 Å². The molecule has 1 rings (SSSR count). The number of ketones is 1. The lowest BCUT2D eigenvalue weighted by Crippen LogP contribution is -2.46. The zero-order chi connectivity index (χ0) is 17.3. The Morgan fingerprint density at radius 2 is 1.73 bits per heavy atom. The minimum absolute atomic E-state index is 0.438.